The Bertz CT molecular complexity index is 1140. The number of furan rings is 1. The summed E-state index contributed by atoms with van der Waals surface area (Å²) in [6.45, 7) is 0. The van der Waals surface area contributed by atoms with E-state index in [0.29, 0.717) is 16.4 Å². The Balaban J connectivity index is 1.45. The maximum Gasteiger partial charge on any atom is 0.285 e. The van der Waals surface area contributed by atoms with E-state index in [2.05, 4.69) is 21.4 Å². The smallest absolute Gasteiger partial charge is 0.285 e. The number of thioether (sulfide) groups is 1. The Morgan fingerprint density at radius 2 is 1.83 bits per heavy atom. The lowest BCUT2D eigenvalue weighted by Crippen LogP contribution is -2.45. The topological polar surface area (TPSA) is 62.6 Å². The Morgan fingerprint density at radius 3 is 2.57 bits per heavy atom. The van der Waals surface area contributed by atoms with E-state index in [-0.39, 0.29) is 22.6 Å². The summed E-state index contributed by atoms with van der Waals surface area (Å²) in [7, 11) is 0. The number of carbonyl (C=O) groups excluding carboxylic acids is 2. The van der Waals surface area contributed by atoms with E-state index in [0.717, 1.165) is 32.4 Å². The van der Waals surface area contributed by atoms with Gasteiger partial charge in [0.1, 0.15) is 11.5 Å². The quantitative estimate of drug-likeness (QED) is 0.387. The summed E-state index contributed by atoms with van der Waals surface area (Å²) in [4.78, 5) is 25.4. The van der Waals surface area contributed by atoms with E-state index in [1.807, 2.05) is 60.7 Å². The third-order valence-corrected chi connectivity index (χ3v) is 6.10. The minimum atomic E-state index is -0.381. The van der Waals surface area contributed by atoms with E-state index in [4.69, 9.17) is 16.6 Å². The summed E-state index contributed by atoms with van der Waals surface area (Å²) in [6, 6.07) is 20.7. The first kappa shape index (κ1) is 20.6. The van der Waals surface area contributed by atoms with Crippen LogP contribution in [0.1, 0.15) is 11.3 Å². The first-order valence-corrected chi connectivity index (χ1v) is 11.0. The van der Waals surface area contributed by atoms with Crippen LogP contribution in [-0.2, 0) is 16.0 Å². The maximum absolute atomic E-state index is 12.7. The molecule has 2 amide bonds. The Hall–Kier alpha value is -2.68. The Kier molecular flexibility index (Phi) is 6.17. The highest BCUT2D eigenvalue weighted by atomic mass is 79.9. The number of hydrazine groups is 1. The molecule has 30 heavy (non-hydrogen) atoms. The van der Waals surface area contributed by atoms with E-state index in [9.17, 15) is 9.59 Å². The lowest BCUT2D eigenvalue weighted by atomic mass is 10.1. The lowest BCUT2D eigenvalue weighted by Gasteiger charge is -2.15. The molecule has 0 saturated carbocycles. The summed E-state index contributed by atoms with van der Waals surface area (Å²) >= 11 is 9.79. The van der Waals surface area contributed by atoms with Gasteiger partial charge in [-0.2, -0.15) is 5.01 Å². The van der Waals surface area contributed by atoms with Gasteiger partial charge in [-0.05, 0) is 42.0 Å². The van der Waals surface area contributed by atoms with Crippen molar-refractivity contribution in [2.24, 2.45) is 0 Å². The molecule has 2 aromatic carbocycles. The molecule has 1 N–H and O–H groups in total. The van der Waals surface area contributed by atoms with Crippen LogP contribution in [-0.4, -0.2) is 21.1 Å². The molecular weight excluding hydrogens is 484 g/mol. The van der Waals surface area contributed by atoms with Crippen molar-refractivity contribution >= 4 is 62.1 Å². The third kappa shape index (κ3) is 4.72. The fourth-order valence-corrected chi connectivity index (χ4v) is 4.26. The van der Waals surface area contributed by atoms with Crippen molar-refractivity contribution < 1.29 is 14.0 Å². The van der Waals surface area contributed by atoms with Gasteiger partial charge in [-0.15, -0.1) is 0 Å². The molecule has 1 aliphatic heterocycles. The summed E-state index contributed by atoms with van der Waals surface area (Å²) in [5.41, 5.74) is 4.37. The molecule has 1 saturated heterocycles. The van der Waals surface area contributed by atoms with E-state index < -0.39 is 0 Å². The highest BCUT2D eigenvalue weighted by molar-refractivity contribution is 9.10. The number of thiocarbonyl (C=S) groups is 1. The lowest BCUT2D eigenvalue weighted by molar-refractivity contribution is -0.132. The molecule has 5 nitrogen and oxygen atoms in total. The number of carbonyl (C=O) groups is 2. The fraction of sp³-hybridized carbons (Fsp3) is 0.0455. The molecule has 0 atom stereocenters. The van der Waals surface area contributed by atoms with Gasteiger partial charge in [0.25, 0.3) is 5.91 Å². The van der Waals surface area contributed by atoms with Gasteiger partial charge in [-0.3, -0.25) is 15.0 Å². The van der Waals surface area contributed by atoms with Crippen molar-refractivity contribution in [3.05, 3.63) is 87.4 Å². The zero-order chi connectivity index (χ0) is 21.1. The molecule has 0 bridgehead atoms. The average molecular weight is 499 g/mol. The largest absolute Gasteiger partial charge is 0.457 e. The highest BCUT2D eigenvalue weighted by Crippen LogP contribution is 2.33. The maximum atomic E-state index is 12.7. The summed E-state index contributed by atoms with van der Waals surface area (Å²) < 4.78 is 7.10. The van der Waals surface area contributed by atoms with E-state index in [1.165, 1.54) is 0 Å². The number of rotatable bonds is 5. The SMILES string of the molecule is O=C(Cc1ccccc1)NN1C(=O)C(=Cc2ccc(-c3ccc(Br)cc3)o2)SC1=S. The van der Waals surface area contributed by atoms with Gasteiger partial charge in [0.05, 0.1) is 11.3 Å². The number of hydrogen-bond donors (Lipinski definition) is 1. The number of amides is 2. The molecule has 3 aromatic rings. The molecule has 8 heteroatoms. The van der Waals surface area contributed by atoms with E-state index in [1.54, 1.807) is 12.1 Å². The van der Waals surface area contributed by atoms with Gasteiger partial charge in [0.2, 0.25) is 5.91 Å². The molecule has 0 spiro atoms. The van der Waals surface area contributed by atoms with Crippen LogP contribution in [0.3, 0.4) is 0 Å². The molecular formula is C22H15BrN2O3S2. The first-order valence-electron chi connectivity index (χ1n) is 8.97. The predicted molar refractivity (Wildman–Crippen MR) is 125 cm³/mol. The van der Waals surface area contributed by atoms with Crippen LogP contribution in [0, 0.1) is 0 Å². The summed E-state index contributed by atoms with van der Waals surface area (Å²) in [5, 5.41) is 1.11. The Morgan fingerprint density at radius 1 is 1.10 bits per heavy atom. The second kappa shape index (κ2) is 8.99. The van der Waals surface area contributed by atoms with Gasteiger partial charge in [0, 0.05) is 16.1 Å². The second-order valence-corrected chi connectivity index (χ2v) is 9.01. The number of nitrogens with one attached hydrogen (secondary N) is 1. The molecule has 150 valence electrons. The van der Waals surface area contributed by atoms with Crippen LogP contribution in [0.4, 0.5) is 0 Å². The number of halogens is 1. The van der Waals surface area contributed by atoms with Gasteiger partial charge in [-0.1, -0.05) is 70.2 Å². The van der Waals surface area contributed by atoms with Crippen LogP contribution in [0.2, 0.25) is 0 Å². The van der Waals surface area contributed by atoms with Crippen molar-refractivity contribution in [1.29, 1.82) is 0 Å². The van der Waals surface area contributed by atoms with Crippen LogP contribution in [0.15, 0.2) is 80.5 Å². The molecule has 1 aromatic heterocycles. The Labute approximate surface area is 191 Å². The molecule has 4 rings (SSSR count). The van der Waals surface area contributed by atoms with Gasteiger partial charge in [0.15, 0.2) is 4.32 Å². The van der Waals surface area contributed by atoms with E-state index >= 15 is 0 Å². The average Bonchev–Trinajstić information content (AvgIpc) is 3.30. The van der Waals surface area contributed by atoms with Crippen molar-refractivity contribution in [3.8, 4) is 11.3 Å². The molecule has 0 unspecified atom stereocenters. The number of nitrogens with zero attached hydrogens (tertiary/aromatic N) is 1. The summed E-state index contributed by atoms with van der Waals surface area (Å²) in [6.07, 6.45) is 1.79. The zero-order valence-corrected chi connectivity index (χ0v) is 18.7. The van der Waals surface area contributed by atoms with Crippen LogP contribution in [0.5, 0.6) is 0 Å². The second-order valence-electron chi connectivity index (χ2n) is 6.42. The number of hydrogen-bond acceptors (Lipinski definition) is 5. The monoisotopic (exact) mass is 498 g/mol. The van der Waals surface area contributed by atoms with Crippen LogP contribution >= 0.6 is 39.9 Å². The van der Waals surface area contributed by atoms with Crippen molar-refractivity contribution in [2.45, 2.75) is 6.42 Å². The van der Waals surface area contributed by atoms with Crippen LogP contribution in [0.25, 0.3) is 17.4 Å². The first-order chi connectivity index (χ1) is 14.5. The van der Waals surface area contributed by atoms with Gasteiger partial charge in [-0.25, -0.2) is 0 Å². The third-order valence-electron chi connectivity index (χ3n) is 4.27. The molecule has 1 aliphatic rings. The normalized spacial score (nSPS) is 15.1. The van der Waals surface area contributed by atoms with Gasteiger partial charge >= 0.3 is 0 Å². The predicted octanol–water partition coefficient (Wildman–Crippen LogP) is 5.18. The number of benzene rings is 2. The minimum absolute atomic E-state index is 0.158. The molecule has 0 aliphatic carbocycles. The van der Waals surface area contributed by atoms with Crippen LogP contribution < -0.4 is 5.43 Å². The van der Waals surface area contributed by atoms with Crippen molar-refractivity contribution in [1.82, 2.24) is 10.4 Å². The van der Waals surface area contributed by atoms with Crippen molar-refractivity contribution in [2.75, 3.05) is 0 Å². The standard InChI is InChI=1S/C22H15BrN2O3S2/c23-16-8-6-15(7-9-16)18-11-10-17(28-18)13-19-21(27)25(22(29)30-19)24-20(26)12-14-4-2-1-3-5-14/h1-11,13H,12H2,(H,24,26). The van der Waals surface area contributed by atoms with Crippen molar-refractivity contribution in [3.63, 3.8) is 0 Å². The van der Waals surface area contributed by atoms with Gasteiger partial charge < -0.3 is 4.42 Å². The molecule has 2 heterocycles. The zero-order valence-electron chi connectivity index (χ0n) is 15.5. The fourth-order valence-electron chi connectivity index (χ4n) is 2.84. The molecule has 0 radical (unpaired) electrons. The molecule has 1 fully saturated rings. The minimum Gasteiger partial charge on any atom is -0.457 e. The summed E-state index contributed by atoms with van der Waals surface area (Å²) in [5.74, 6) is 0.534. The highest BCUT2D eigenvalue weighted by Gasteiger charge is 2.33.